The average molecular weight is 247 g/mol. The summed E-state index contributed by atoms with van der Waals surface area (Å²) in [5.74, 6) is 1.59. The number of fused-ring (bicyclic) bond motifs is 1. The molecule has 96 valence electrons. The van der Waals surface area contributed by atoms with E-state index in [2.05, 4.69) is 0 Å². The van der Waals surface area contributed by atoms with Gasteiger partial charge in [0.1, 0.15) is 11.5 Å². The van der Waals surface area contributed by atoms with Crippen molar-refractivity contribution < 1.29 is 14.3 Å². The summed E-state index contributed by atoms with van der Waals surface area (Å²) < 4.78 is 12.5. The van der Waals surface area contributed by atoms with Crippen LogP contribution < -0.4 is 9.47 Å². The lowest BCUT2D eigenvalue weighted by Gasteiger charge is -2.13. The van der Waals surface area contributed by atoms with Gasteiger partial charge in [0.2, 0.25) is 0 Å². The van der Waals surface area contributed by atoms with Gasteiger partial charge in [0.25, 0.3) is 0 Å². The SMILES string of the molecule is COc1cc(OC)c2ccn(C(C)C(C)=O)c2c1. The van der Waals surface area contributed by atoms with Crippen molar-refractivity contribution in [3.8, 4) is 11.5 Å². The molecular weight excluding hydrogens is 230 g/mol. The van der Waals surface area contributed by atoms with Gasteiger partial charge in [-0.15, -0.1) is 0 Å². The zero-order valence-corrected chi connectivity index (χ0v) is 11.1. The van der Waals surface area contributed by atoms with E-state index in [0.717, 1.165) is 22.4 Å². The molecule has 1 unspecified atom stereocenters. The van der Waals surface area contributed by atoms with Crippen LogP contribution in [0.3, 0.4) is 0 Å². The van der Waals surface area contributed by atoms with Gasteiger partial charge in [-0.05, 0) is 19.9 Å². The van der Waals surface area contributed by atoms with Crippen LogP contribution in [0, 0.1) is 0 Å². The Hall–Kier alpha value is -1.97. The number of nitrogens with zero attached hydrogens (tertiary/aromatic N) is 1. The Balaban J connectivity index is 2.67. The van der Waals surface area contributed by atoms with Crippen LogP contribution in [-0.2, 0) is 4.79 Å². The number of methoxy groups -OCH3 is 2. The third-order valence-corrected chi connectivity index (χ3v) is 3.23. The Kier molecular flexibility index (Phi) is 3.28. The van der Waals surface area contributed by atoms with Gasteiger partial charge in [0.05, 0.1) is 25.8 Å². The van der Waals surface area contributed by atoms with Crippen LogP contribution in [0.2, 0.25) is 0 Å². The number of ether oxygens (including phenoxy) is 2. The van der Waals surface area contributed by atoms with Crippen molar-refractivity contribution in [2.24, 2.45) is 0 Å². The van der Waals surface area contributed by atoms with Crippen LogP contribution in [0.4, 0.5) is 0 Å². The van der Waals surface area contributed by atoms with Crippen molar-refractivity contribution in [3.63, 3.8) is 0 Å². The largest absolute Gasteiger partial charge is 0.497 e. The van der Waals surface area contributed by atoms with Crippen molar-refractivity contribution in [1.29, 1.82) is 0 Å². The maximum atomic E-state index is 11.5. The molecule has 1 aromatic carbocycles. The molecule has 0 saturated heterocycles. The van der Waals surface area contributed by atoms with E-state index in [4.69, 9.17) is 9.47 Å². The van der Waals surface area contributed by atoms with Crippen LogP contribution in [-0.4, -0.2) is 24.6 Å². The summed E-state index contributed by atoms with van der Waals surface area (Å²) in [6.07, 6.45) is 1.90. The van der Waals surface area contributed by atoms with Gasteiger partial charge in [-0.2, -0.15) is 0 Å². The second-order valence-corrected chi connectivity index (χ2v) is 4.27. The normalized spacial score (nSPS) is 12.4. The van der Waals surface area contributed by atoms with Gasteiger partial charge >= 0.3 is 0 Å². The number of ketones is 1. The Labute approximate surface area is 106 Å². The fourth-order valence-corrected chi connectivity index (χ4v) is 2.02. The van der Waals surface area contributed by atoms with Crippen LogP contribution in [0.1, 0.15) is 19.9 Å². The fraction of sp³-hybridized carbons (Fsp3) is 0.357. The number of rotatable bonds is 4. The van der Waals surface area contributed by atoms with E-state index in [-0.39, 0.29) is 11.8 Å². The number of Topliss-reactive ketones (excluding diaryl/α,β-unsaturated/α-hetero) is 1. The molecule has 1 heterocycles. The second-order valence-electron chi connectivity index (χ2n) is 4.27. The molecule has 0 saturated carbocycles. The fourth-order valence-electron chi connectivity index (χ4n) is 2.02. The first-order valence-electron chi connectivity index (χ1n) is 5.81. The van der Waals surface area contributed by atoms with E-state index in [1.807, 2.05) is 35.9 Å². The Morgan fingerprint density at radius 2 is 2.00 bits per heavy atom. The van der Waals surface area contributed by atoms with Gasteiger partial charge in [0, 0.05) is 23.7 Å². The molecule has 0 amide bonds. The lowest BCUT2D eigenvalue weighted by atomic mass is 10.2. The molecule has 18 heavy (non-hydrogen) atoms. The maximum absolute atomic E-state index is 11.5. The first kappa shape index (κ1) is 12.5. The monoisotopic (exact) mass is 247 g/mol. The van der Waals surface area contributed by atoms with Crippen molar-refractivity contribution in [2.75, 3.05) is 14.2 Å². The molecular formula is C14H17NO3. The molecule has 0 bridgehead atoms. The predicted octanol–water partition coefficient (Wildman–Crippen LogP) is 2.81. The summed E-state index contributed by atoms with van der Waals surface area (Å²) >= 11 is 0. The van der Waals surface area contributed by atoms with Gasteiger partial charge < -0.3 is 14.0 Å². The van der Waals surface area contributed by atoms with Crippen molar-refractivity contribution >= 4 is 16.7 Å². The van der Waals surface area contributed by atoms with E-state index in [0.29, 0.717) is 0 Å². The second kappa shape index (κ2) is 4.72. The zero-order chi connectivity index (χ0) is 13.3. The standard InChI is InChI=1S/C14H17NO3/c1-9(10(2)16)15-6-5-12-13(15)7-11(17-3)8-14(12)18-4/h5-9H,1-4H3. The number of aromatic nitrogens is 1. The molecule has 0 aliphatic carbocycles. The summed E-state index contributed by atoms with van der Waals surface area (Å²) in [6, 6.07) is 5.51. The van der Waals surface area contributed by atoms with Crippen LogP contribution in [0.25, 0.3) is 10.9 Å². The molecule has 0 aliphatic heterocycles. The zero-order valence-electron chi connectivity index (χ0n) is 11.1. The molecule has 1 aromatic heterocycles. The minimum atomic E-state index is -0.195. The van der Waals surface area contributed by atoms with Crippen molar-refractivity contribution in [1.82, 2.24) is 4.57 Å². The quantitative estimate of drug-likeness (QED) is 0.834. The molecule has 2 rings (SSSR count). The predicted molar refractivity (Wildman–Crippen MR) is 70.4 cm³/mol. The molecule has 2 aromatic rings. The molecule has 1 atom stereocenters. The number of carbonyl (C=O) groups is 1. The van der Waals surface area contributed by atoms with Gasteiger partial charge in [-0.3, -0.25) is 4.79 Å². The molecule has 4 heteroatoms. The molecule has 0 fully saturated rings. The molecule has 0 aliphatic rings. The summed E-state index contributed by atoms with van der Waals surface area (Å²) in [5, 5.41) is 0.978. The lowest BCUT2D eigenvalue weighted by Crippen LogP contribution is -2.12. The molecule has 0 N–H and O–H groups in total. The number of hydrogen-bond donors (Lipinski definition) is 0. The third-order valence-electron chi connectivity index (χ3n) is 3.23. The van der Waals surface area contributed by atoms with E-state index >= 15 is 0 Å². The van der Waals surface area contributed by atoms with Crippen LogP contribution >= 0.6 is 0 Å². The van der Waals surface area contributed by atoms with E-state index < -0.39 is 0 Å². The topological polar surface area (TPSA) is 40.5 Å². The molecule has 0 radical (unpaired) electrons. The summed E-state index contributed by atoms with van der Waals surface area (Å²) in [4.78, 5) is 11.5. The Bertz CT molecular complexity index is 586. The minimum absolute atomic E-state index is 0.120. The van der Waals surface area contributed by atoms with Gasteiger partial charge in [0.15, 0.2) is 5.78 Å². The highest BCUT2D eigenvalue weighted by atomic mass is 16.5. The van der Waals surface area contributed by atoms with Crippen LogP contribution in [0.5, 0.6) is 11.5 Å². The highest BCUT2D eigenvalue weighted by molar-refractivity contribution is 5.90. The summed E-state index contributed by atoms with van der Waals surface area (Å²) in [6.45, 7) is 3.47. The number of hydrogen-bond acceptors (Lipinski definition) is 3. The number of carbonyl (C=O) groups excluding carboxylic acids is 1. The van der Waals surface area contributed by atoms with Gasteiger partial charge in [-0.1, -0.05) is 0 Å². The smallest absolute Gasteiger partial charge is 0.152 e. The highest BCUT2D eigenvalue weighted by Crippen LogP contribution is 2.33. The Morgan fingerprint density at radius 3 is 2.56 bits per heavy atom. The van der Waals surface area contributed by atoms with E-state index in [9.17, 15) is 4.79 Å². The number of benzene rings is 1. The minimum Gasteiger partial charge on any atom is -0.497 e. The molecule has 0 spiro atoms. The Morgan fingerprint density at radius 1 is 1.28 bits per heavy atom. The lowest BCUT2D eigenvalue weighted by molar-refractivity contribution is -0.119. The van der Waals surface area contributed by atoms with Gasteiger partial charge in [-0.25, -0.2) is 0 Å². The highest BCUT2D eigenvalue weighted by Gasteiger charge is 2.15. The summed E-state index contributed by atoms with van der Waals surface area (Å²) in [7, 11) is 3.24. The van der Waals surface area contributed by atoms with Crippen molar-refractivity contribution in [3.05, 3.63) is 24.4 Å². The third kappa shape index (κ3) is 1.94. The average Bonchev–Trinajstić information content (AvgIpc) is 2.79. The van der Waals surface area contributed by atoms with Crippen LogP contribution in [0.15, 0.2) is 24.4 Å². The van der Waals surface area contributed by atoms with E-state index in [1.54, 1.807) is 21.1 Å². The maximum Gasteiger partial charge on any atom is 0.152 e. The van der Waals surface area contributed by atoms with Crippen molar-refractivity contribution in [2.45, 2.75) is 19.9 Å². The molecule has 4 nitrogen and oxygen atoms in total. The first-order valence-corrected chi connectivity index (χ1v) is 5.81. The first-order chi connectivity index (χ1) is 8.58. The van der Waals surface area contributed by atoms with E-state index in [1.165, 1.54) is 0 Å². The summed E-state index contributed by atoms with van der Waals surface area (Å²) in [5.41, 5.74) is 0.939.